The fourth-order valence-electron chi connectivity index (χ4n) is 6.83. The molecule has 0 aliphatic heterocycles. The number of unbranched alkanes of at least 4 members (excludes halogenated alkanes) is 20. The molecule has 378 valence electrons. The second-order valence-corrected chi connectivity index (χ2v) is 19.9. The summed E-state index contributed by atoms with van der Waals surface area (Å²) in [6.07, 6.45) is 59.4. The molecular formula is C56H97N2O7P. The van der Waals surface area contributed by atoms with Crippen LogP contribution in [-0.4, -0.2) is 69.4 Å². The van der Waals surface area contributed by atoms with Crippen LogP contribution in [0.25, 0.3) is 0 Å². The molecule has 0 aromatic heterocycles. The Morgan fingerprint density at radius 1 is 0.545 bits per heavy atom. The van der Waals surface area contributed by atoms with E-state index < -0.39 is 26.6 Å². The summed E-state index contributed by atoms with van der Waals surface area (Å²) in [6, 6.07) is -0.914. The summed E-state index contributed by atoms with van der Waals surface area (Å²) < 4.78 is 30.1. The van der Waals surface area contributed by atoms with E-state index in [1.807, 2.05) is 88.0 Å². The Bertz CT molecular complexity index is 1460. The van der Waals surface area contributed by atoms with Crippen molar-refractivity contribution < 1.29 is 37.3 Å². The van der Waals surface area contributed by atoms with Crippen LogP contribution in [0, 0.1) is 0 Å². The lowest BCUT2D eigenvalue weighted by Gasteiger charge is -2.30. The molecule has 0 fully saturated rings. The van der Waals surface area contributed by atoms with Gasteiger partial charge in [-0.05, 0) is 70.3 Å². The molecule has 0 spiro atoms. The van der Waals surface area contributed by atoms with Crippen molar-refractivity contribution in [3.05, 3.63) is 97.2 Å². The highest BCUT2D eigenvalue weighted by Gasteiger charge is 2.27. The predicted octanol–water partition coefficient (Wildman–Crippen LogP) is 14.6. The molecule has 9 nitrogen and oxygen atoms in total. The lowest BCUT2D eigenvalue weighted by Crippen LogP contribution is -2.47. The van der Waals surface area contributed by atoms with Gasteiger partial charge in [0.25, 0.3) is 7.82 Å². The molecule has 0 rings (SSSR count). The molecule has 3 unspecified atom stereocenters. The Labute approximate surface area is 405 Å². The summed E-state index contributed by atoms with van der Waals surface area (Å²) in [5.74, 6) is -0.614. The van der Waals surface area contributed by atoms with Gasteiger partial charge in [-0.25, -0.2) is 0 Å². The van der Waals surface area contributed by atoms with Gasteiger partial charge in [-0.15, -0.1) is 0 Å². The number of phosphoric ester groups is 1. The number of rotatable bonds is 45. The van der Waals surface area contributed by atoms with E-state index in [-0.39, 0.29) is 24.9 Å². The van der Waals surface area contributed by atoms with Gasteiger partial charge < -0.3 is 28.5 Å². The number of nitrogens with one attached hydrogen (secondary N) is 1. The summed E-state index contributed by atoms with van der Waals surface area (Å²) in [6.45, 7) is 6.58. The van der Waals surface area contributed by atoms with E-state index in [0.29, 0.717) is 23.9 Å². The number of likely N-dealkylation sites (N-methyl/N-ethyl adjacent to an activating group) is 1. The summed E-state index contributed by atoms with van der Waals surface area (Å²) in [7, 11) is 1.13. The molecule has 0 saturated carbocycles. The van der Waals surface area contributed by atoms with Crippen molar-refractivity contribution in [1.82, 2.24) is 5.32 Å². The van der Waals surface area contributed by atoms with Gasteiger partial charge in [0.05, 0.1) is 33.8 Å². The number of hydrogen-bond acceptors (Lipinski definition) is 7. The van der Waals surface area contributed by atoms with Gasteiger partial charge in [-0.1, -0.05) is 208 Å². The van der Waals surface area contributed by atoms with Gasteiger partial charge in [0.2, 0.25) is 5.91 Å². The second kappa shape index (κ2) is 45.7. The molecule has 0 aliphatic carbocycles. The number of nitrogens with zero attached hydrogens (tertiary/aromatic N) is 1. The average molecular weight is 941 g/mol. The highest BCUT2D eigenvalue weighted by Crippen LogP contribution is 2.38. The Balaban J connectivity index is 5.54. The van der Waals surface area contributed by atoms with Crippen LogP contribution in [0.2, 0.25) is 0 Å². The Hall–Kier alpha value is -3.07. The van der Waals surface area contributed by atoms with Crippen molar-refractivity contribution in [1.29, 1.82) is 0 Å². The van der Waals surface area contributed by atoms with Gasteiger partial charge >= 0.3 is 5.97 Å². The largest absolute Gasteiger partial charge is 0.756 e. The van der Waals surface area contributed by atoms with Crippen LogP contribution < -0.4 is 10.2 Å². The zero-order valence-electron chi connectivity index (χ0n) is 42.9. The summed E-state index contributed by atoms with van der Waals surface area (Å²) in [5, 5.41) is 2.98. The third kappa shape index (κ3) is 46.1. The number of amides is 1. The first-order chi connectivity index (χ1) is 31.9. The zero-order chi connectivity index (χ0) is 48.7. The summed E-state index contributed by atoms with van der Waals surface area (Å²) >= 11 is 0. The van der Waals surface area contributed by atoms with Crippen molar-refractivity contribution in [2.45, 2.75) is 206 Å². The third-order valence-electron chi connectivity index (χ3n) is 10.9. The lowest BCUT2D eigenvalue weighted by atomic mass is 10.0. The Morgan fingerprint density at radius 3 is 1.56 bits per heavy atom. The molecule has 0 saturated heterocycles. The monoisotopic (exact) mass is 941 g/mol. The van der Waals surface area contributed by atoms with E-state index in [1.54, 1.807) is 6.08 Å². The number of carbonyl (C=O) groups is 2. The van der Waals surface area contributed by atoms with Crippen LogP contribution in [0.1, 0.15) is 194 Å². The maximum atomic E-state index is 13.4. The lowest BCUT2D eigenvalue weighted by molar-refractivity contribution is -0.870. The second-order valence-electron chi connectivity index (χ2n) is 18.4. The Kier molecular flexibility index (Phi) is 43.6. The number of allylic oxidation sites excluding steroid dienone is 15. The van der Waals surface area contributed by atoms with Gasteiger partial charge in [0, 0.05) is 12.8 Å². The normalized spacial score (nSPS) is 14.7. The standard InChI is InChI=1S/C56H97N2O7P/c1-7-10-13-16-19-22-25-27-28-29-30-31-34-37-40-43-46-49-56(60)65-54(47-44-41-38-35-33-26-23-20-17-14-11-8-2)53(52-64-66(61,62)63-51-50-58(4,5)6)57-55(59)48-45-42-39-36-32-24-21-18-15-12-9-3/h10,13,16,18-19,21-22,25,27-31,34,44,47,53-54H,7-9,11-12,14-15,17,20,23-24,26,32-33,35-43,45-46,48-52H2,1-6H3,(H-,57,59,61,62)/b13-10-,19-16+,21-18-,25-22+,28-27-,30-29+,34-31+,47-44-. The number of phosphoric acid groups is 1. The number of carbonyl (C=O) groups excluding carboxylic acids is 2. The smallest absolute Gasteiger partial charge is 0.306 e. The zero-order valence-corrected chi connectivity index (χ0v) is 43.8. The topological polar surface area (TPSA) is 114 Å². The Morgan fingerprint density at radius 2 is 1.00 bits per heavy atom. The predicted molar refractivity (Wildman–Crippen MR) is 279 cm³/mol. The van der Waals surface area contributed by atoms with E-state index in [2.05, 4.69) is 50.4 Å². The molecule has 1 N–H and O–H groups in total. The molecule has 0 aliphatic rings. The van der Waals surface area contributed by atoms with E-state index in [4.69, 9.17) is 13.8 Å². The molecule has 0 heterocycles. The first-order valence-corrected chi connectivity index (χ1v) is 27.6. The summed E-state index contributed by atoms with van der Waals surface area (Å²) in [5.41, 5.74) is 0. The molecular weight excluding hydrogens is 844 g/mol. The highest BCUT2D eigenvalue weighted by atomic mass is 31.2. The number of quaternary nitrogens is 1. The van der Waals surface area contributed by atoms with Gasteiger partial charge in [-0.2, -0.15) is 0 Å². The van der Waals surface area contributed by atoms with E-state index in [9.17, 15) is 19.0 Å². The van der Waals surface area contributed by atoms with E-state index in [0.717, 1.165) is 89.9 Å². The van der Waals surface area contributed by atoms with Crippen LogP contribution in [0.15, 0.2) is 97.2 Å². The molecule has 0 aromatic rings. The van der Waals surface area contributed by atoms with Crippen LogP contribution in [0.5, 0.6) is 0 Å². The van der Waals surface area contributed by atoms with E-state index >= 15 is 0 Å². The molecule has 1 amide bonds. The third-order valence-corrected chi connectivity index (χ3v) is 11.9. The number of esters is 1. The molecule has 0 aromatic carbocycles. The molecule has 10 heteroatoms. The van der Waals surface area contributed by atoms with Crippen molar-refractivity contribution in [2.75, 3.05) is 40.9 Å². The minimum absolute atomic E-state index is 0.0365. The van der Waals surface area contributed by atoms with Crippen molar-refractivity contribution >= 4 is 19.7 Å². The maximum Gasteiger partial charge on any atom is 0.306 e. The number of hydrogen-bond donors (Lipinski definition) is 1. The quantitative estimate of drug-likeness (QED) is 0.0161. The van der Waals surface area contributed by atoms with E-state index in [1.165, 1.54) is 64.2 Å². The summed E-state index contributed by atoms with van der Waals surface area (Å²) in [4.78, 5) is 39.6. The number of ether oxygens (including phenoxy) is 1. The average Bonchev–Trinajstić information content (AvgIpc) is 3.27. The molecule has 3 atom stereocenters. The van der Waals surface area contributed by atoms with Gasteiger partial charge in [0.15, 0.2) is 0 Å². The molecule has 66 heavy (non-hydrogen) atoms. The molecule has 0 radical (unpaired) electrons. The van der Waals surface area contributed by atoms with Crippen LogP contribution in [-0.2, 0) is 27.9 Å². The van der Waals surface area contributed by atoms with Gasteiger partial charge in [0.1, 0.15) is 19.3 Å². The van der Waals surface area contributed by atoms with Crippen molar-refractivity contribution in [3.8, 4) is 0 Å². The van der Waals surface area contributed by atoms with Crippen molar-refractivity contribution in [3.63, 3.8) is 0 Å². The first kappa shape index (κ1) is 62.9. The SMILES string of the molecule is CC\C=C/C=C/C=C/C=C\C=C\C=C\CCCCCC(=O)OC(/C=C\CCCCCCCCCCCC)C(COP(=O)([O-])OCC[N+](C)(C)C)NC(=O)CCCCCCC/C=C\CCCC. The minimum Gasteiger partial charge on any atom is -0.756 e. The van der Waals surface area contributed by atoms with Crippen LogP contribution >= 0.6 is 7.82 Å². The highest BCUT2D eigenvalue weighted by molar-refractivity contribution is 7.45. The fraction of sp³-hybridized carbons (Fsp3) is 0.679. The maximum absolute atomic E-state index is 13.4. The van der Waals surface area contributed by atoms with Crippen LogP contribution in [0.4, 0.5) is 0 Å². The van der Waals surface area contributed by atoms with Crippen LogP contribution in [0.3, 0.4) is 0 Å². The molecule has 0 bridgehead atoms. The fourth-order valence-corrected chi connectivity index (χ4v) is 7.55. The minimum atomic E-state index is -4.70. The van der Waals surface area contributed by atoms with Crippen molar-refractivity contribution in [2.24, 2.45) is 0 Å². The van der Waals surface area contributed by atoms with Gasteiger partial charge in [-0.3, -0.25) is 14.2 Å². The first-order valence-electron chi connectivity index (χ1n) is 26.1.